The van der Waals surface area contributed by atoms with Gasteiger partial charge in [0.2, 0.25) is 5.17 Å². The lowest BCUT2D eigenvalue weighted by Crippen LogP contribution is -2.08. The molecule has 6 heteroatoms. The molecule has 0 unspecified atom stereocenters. The van der Waals surface area contributed by atoms with Crippen LogP contribution in [-0.4, -0.2) is 42.2 Å². The van der Waals surface area contributed by atoms with Crippen molar-refractivity contribution >= 4 is 50.8 Å². The van der Waals surface area contributed by atoms with Gasteiger partial charge in [0.05, 0.1) is 11.8 Å². The van der Waals surface area contributed by atoms with Crippen molar-refractivity contribution < 1.29 is 0 Å². The van der Waals surface area contributed by atoms with E-state index in [2.05, 4.69) is 22.2 Å². The molecule has 0 rings (SSSR count). The third-order valence-electron chi connectivity index (χ3n) is 0.720. The van der Waals surface area contributed by atoms with Gasteiger partial charge in [0, 0.05) is 14.1 Å². The van der Waals surface area contributed by atoms with Crippen LogP contribution in [0.15, 0.2) is 9.98 Å². The SMILES string of the molecule is CSSC(=NC=S)/N=C/N(C)C. The monoisotopic (exact) mass is 221 g/mol. The Kier molecular flexibility index (Phi) is 7.53. The van der Waals surface area contributed by atoms with Crippen molar-refractivity contribution in [2.45, 2.75) is 0 Å². The summed E-state index contributed by atoms with van der Waals surface area (Å²) in [5.74, 6) is 0. The summed E-state index contributed by atoms with van der Waals surface area (Å²) in [5, 5.41) is 0.672. The standard InChI is InChI=1S/C6H11N3S3/c1-9(2)4-7-6(8-5-10)12-11-3/h4-5H,1-3H3/b7-4+,8-6?. The molecule has 0 amide bonds. The Morgan fingerprint density at radius 2 is 2.17 bits per heavy atom. The highest BCUT2D eigenvalue weighted by Crippen LogP contribution is 2.19. The molecule has 0 aliphatic carbocycles. The Morgan fingerprint density at radius 1 is 1.50 bits per heavy atom. The molecule has 0 aliphatic rings. The highest BCUT2D eigenvalue weighted by Gasteiger charge is 1.93. The zero-order valence-electron chi connectivity index (χ0n) is 7.22. The summed E-state index contributed by atoms with van der Waals surface area (Å²) in [4.78, 5) is 9.85. The lowest BCUT2D eigenvalue weighted by Gasteiger charge is -2.01. The Hall–Kier alpha value is -0.0700. The molecule has 12 heavy (non-hydrogen) atoms. The lowest BCUT2D eigenvalue weighted by molar-refractivity contribution is 0.644. The molecule has 0 radical (unpaired) electrons. The van der Waals surface area contributed by atoms with Gasteiger partial charge < -0.3 is 4.90 Å². The highest BCUT2D eigenvalue weighted by molar-refractivity contribution is 8.82. The van der Waals surface area contributed by atoms with Crippen LogP contribution in [0.3, 0.4) is 0 Å². The quantitative estimate of drug-likeness (QED) is 0.315. The van der Waals surface area contributed by atoms with E-state index < -0.39 is 0 Å². The Balaban J connectivity index is 4.12. The first-order valence-electron chi connectivity index (χ1n) is 3.13. The summed E-state index contributed by atoms with van der Waals surface area (Å²) in [6.45, 7) is 0. The second-order valence-electron chi connectivity index (χ2n) is 1.98. The van der Waals surface area contributed by atoms with Gasteiger partial charge in [-0.1, -0.05) is 23.0 Å². The second-order valence-corrected chi connectivity index (χ2v) is 4.55. The predicted octanol–water partition coefficient (Wildman–Crippen LogP) is 1.90. The van der Waals surface area contributed by atoms with Gasteiger partial charge in [-0.05, 0) is 17.0 Å². The Morgan fingerprint density at radius 3 is 2.58 bits per heavy atom. The summed E-state index contributed by atoms with van der Waals surface area (Å²) in [6.07, 6.45) is 3.66. The maximum atomic E-state index is 4.60. The van der Waals surface area contributed by atoms with Crippen LogP contribution in [0.5, 0.6) is 0 Å². The van der Waals surface area contributed by atoms with Crippen molar-refractivity contribution in [2.24, 2.45) is 9.98 Å². The van der Waals surface area contributed by atoms with Gasteiger partial charge in [-0.25, -0.2) is 9.98 Å². The maximum Gasteiger partial charge on any atom is 0.200 e. The number of nitrogens with zero attached hydrogens (tertiary/aromatic N) is 3. The van der Waals surface area contributed by atoms with Crippen LogP contribution >= 0.6 is 33.8 Å². The maximum absolute atomic E-state index is 4.60. The van der Waals surface area contributed by atoms with E-state index in [-0.39, 0.29) is 0 Å². The predicted molar refractivity (Wildman–Crippen MR) is 64.4 cm³/mol. The average molecular weight is 221 g/mol. The summed E-state index contributed by atoms with van der Waals surface area (Å²) in [7, 11) is 6.89. The fraction of sp³-hybridized carbons (Fsp3) is 0.500. The van der Waals surface area contributed by atoms with Crippen LogP contribution in [0.2, 0.25) is 0 Å². The van der Waals surface area contributed by atoms with E-state index in [1.54, 1.807) is 17.1 Å². The summed E-state index contributed by atoms with van der Waals surface area (Å²) < 4.78 is 0. The van der Waals surface area contributed by atoms with Crippen molar-refractivity contribution in [3.05, 3.63) is 0 Å². The van der Waals surface area contributed by atoms with Gasteiger partial charge in [0.25, 0.3) is 0 Å². The number of rotatable bonds is 3. The molecule has 0 atom stereocenters. The first-order valence-corrected chi connectivity index (χ1v) is 6.16. The van der Waals surface area contributed by atoms with Gasteiger partial charge >= 0.3 is 0 Å². The first-order chi connectivity index (χ1) is 5.70. The molecular weight excluding hydrogens is 210 g/mol. The molecule has 0 bridgehead atoms. The molecule has 0 spiro atoms. The van der Waals surface area contributed by atoms with Crippen LogP contribution in [0.1, 0.15) is 0 Å². The molecule has 0 aromatic heterocycles. The van der Waals surface area contributed by atoms with Gasteiger partial charge in [0.1, 0.15) is 0 Å². The molecule has 0 saturated heterocycles. The van der Waals surface area contributed by atoms with Crippen molar-refractivity contribution in [1.29, 1.82) is 0 Å². The van der Waals surface area contributed by atoms with E-state index in [1.165, 1.54) is 16.3 Å². The summed E-state index contributed by atoms with van der Waals surface area (Å²) in [5.41, 5.74) is 1.32. The van der Waals surface area contributed by atoms with Crippen molar-refractivity contribution in [3.8, 4) is 0 Å². The average Bonchev–Trinajstić information content (AvgIpc) is 2.01. The van der Waals surface area contributed by atoms with E-state index in [0.717, 1.165) is 0 Å². The van der Waals surface area contributed by atoms with Crippen molar-refractivity contribution in [3.63, 3.8) is 0 Å². The summed E-state index contributed by atoms with van der Waals surface area (Å²) in [6, 6.07) is 0. The van der Waals surface area contributed by atoms with E-state index >= 15 is 0 Å². The molecule has 68 valence electrons. The molecule has 3 nitrogen and oxygen atoms in total. The van der Waals surface area contributed by atoms with Crippen molar-refractivity contribution in [2.75, 3.05) is 20.4 Å². The van der Waals surface area contributed by atoms with Crippen LogP contribution in [0.25, 0.3) is 0 Å². The molecular formula is C6H11N3S3. The minimum absolute atomic E-state index is 0.672. The molecule has 0 N–H and O–H groups in total. The van der Waals surface area contributed by atoms with Gasteiger partial charge in [-0.3, -0.25) is 0 Å². The van der Waals surface area contributed by atoms with Crippen LogP contribution < -0.4 is 0 Å². The number of aliphatic imine (C=N–C) groups is 2. The minimum Gasteiger partial charge on any atom is -0.369 e. The fourth-order valence-corrected chi connectivity index (χ4v) is 1.57. The van der Waals surface area contributed by atoms with E-state index in [0.29, 0.717) is 5.17 Å². The van der Waals surface area contributed by atoms with Crippen molar-refractivity contribution in [1.82, 2.24) is 4.90 Å². The van der Waals surface area contributed by atoms with Gasteiger partial charge in [0.15, 0.2) is 0 Å². The second kappa shape index (κ2) is 7.57. The molecule has 0 aliphatic heterocycles. The molecule has 0 heterocycles. The van der Waals surface area contributed by atoms with E-state index in [4.69, 9.17) is 0 Å². The van der Waals surface area contributed by atoms with Gasteiger partial charge in [-0.15, -0.1) is 0 Å². The molecule has 0 aromatic rings. The fourth-order valence-electron chi connectivity index (χ4n) is 0.361. The topological polar surface area (TPSA) is 28.0 Å². The zero-order chi connectivity index (χ0) is 9.40. The van der Waals surface area contributed by atoms with Crippen LogP contribution in [0.4, 0.5) is 0 Å². The molecule has 0 saturated carbocycles. The van der Waals surface area contributed by atoms with Crippen LogP contribution in [-0.2, 0) is 0 Å². The number of thiocarbonyl (C=S) groups is 1. The minimum atomic E-state index is 0.672. The van der Waals surface area contributed by atoms with E-state index in [1.807, 2.05) is 25.3 Å². The number of hydrogen-bond acceptors (Lipinski definition) is 3. The van der Waals surface area contributed by atoms with Crippen LogP contribution in [0, 0.1) is 0 Å². The molecule has 0 aromatic carbocycles. The van der Waals surface area contributed by atoms with Gasteiger partial charge in [-0.2, -0.15) is 0 Å². The third-order valence-corrected chi connectivity index (χ3v) is 2.30. The lowest BCUT2D eigenvalue weighted by atomic mass is 10.9. The third kappa shape index (κ3) is 6.63. The highest BCUT2D eigenvalue weighted by atomic mass is 33.1. The van der Waals surface area contributed by atoms with E-state index in [9.17, 15) is 0 Å². The zero-order valence-corrected chi connectivity index (χ0v) is 9.67. The number of amidine groups is 1. The smallest absolute Gasteiger partial charge is 0.200 e. The first kappa shape index (κ1) is 11.9. The number of hydrogen-bond donors (Lipinski definition) is 0. The summed E-state index contributed by atoms with van der Waals surface area (Å²) >= 11 is 4.60. The Bertz CT molecular complexity index is 188. The molecule has 0 fully saturated rings. The Labute approximate surface area is 86.1 Å². The largest absolute Gasteiger partial charge is 0.369 e. The normalized spacial score (nSPS) is 12.1.